The molecule has 5 heteroatoms. The Morgan fingerprint density at radius 3 is 2.76 bits per heavy atom. The van der Waals surface area contributed by atoms with Crippen LogP contribution in [0.25, 0.3) is 0 Å². The second-order valence-electron chi connectivity index (χ2n) is 4.36. The average Bonchev–Trinajstić information content (AvgIpc) is 2.33. The number of piperidine rings is 1. The van der Waals surface area contributed by atoms with Crippen molar-refractivity contribution in [1.82, 2.24) is 4.98 Å². The third-order valence-electron chi connectivity index (χ3n) is 3.11. The lowest BCUT2D eigenvalue weighted by atomic mass is 10.1. The molecule has 0 atom stereocenters. The van der Waals surface area contributed by atoms with Crippen LogP contribution in [-0.2, 0) is 0 Å². The van der Waals surface area contributed by atoms with Crippen LogP contribution in [0.4, 0.5) is 5.82 Å². The SMILES string of the molecule is Cc1nc(N2CCC(N)CC2)c(Cl)cc1C#N. The lowest BCUT2D eigenvalue weighted by molar-refractivity contribution is 0.498. The normalized spacial score (nSPS) is 16.9. The summed E-state index contributed by atoms with van der Waals surface area (Å²) in [5.41, 5.74) is 7.12. The van der Waals surface area contributed by atoms with Gasteiger partial charge in [0, 0.05) is 19.1 Å². The first-order valence-corrected chi connectivity index (χ1v) is 6.07. The van der Waals surface area contributed by atoms with E-state index in [9.17, 15) is 0 Å². The number of nitrogens with zero attached hydrogens (tertiary/aromatic N) is 3. The summed E-state index contributed by atoms with van der Waals surface area (Å²) in [6.45, 7) is 3.58. The summed E-state index contributed by atoms with van der Waals surface area (Å²) in [6, 6.07) is 4.06. The second kappa shape index (κ2) is 4.91. The highest BCUT2D eigenvalue weighted by molar-refractivity contribution is 6.33. The molecular formula is C12H15ClN4. The van der Waals surface area contributed by atoms with Gasteiger partial charge in [-0.25, -0.2) is 4.98 Å². The van der Waals surface area contributed by atoms with Crippen LogP contribution in [0, 0.1) is 18.3 Å². The van der Waals surface area contributed by atoms with Crippen molar-refractivity contribution in [2.24, 2.45) is 5.73 Å². The highest BCUT2D eigenvalue weighted by atomic mass is 35.5. The zero-order valence-electron chi connectivity index (χ0n) is 9.78. The Morgan fingerprint density at radius 1 is 1.53 bits per heavy atom. The van der Waals surface area contributed by atoms with Crippen molar-refractivity contribution < 1.29 is 0 Å². The quantitative estimate of drug-likeness (QED) is 0.826. The number of hydrogen-bond acceptors (Lipinski definition) is 4. The van der Waals surface area contributed by atoms with Gasteiger partial charge in [0.25, 0.3) is 0 Å². The Balaban J connectivity index is 2.27. The van der Waals surface area contributed by atoms with E-state index in [2.05, 4.69) is 16.0 Å². The zero-order chi connectivity index (χ0) is 12.4. The predicted octanol–water partition coefficient (Wildman–Crippen LogP) is 1.84. The van der Waals surface area contributed by atoms with Crippen LogP contribution in [0.3, 0.4) is 0 Å². The van der Waals surface area contributed by atoms with Crippen molar-refractivity contribution >= 4 is 17.4 Å². The van der Waals surface area contributed by atoms with Crippen molar-refractivity contribution in [2.45, 2.75) is 25.8 Å². The molecule has 0 radical (unpaired) electrons. The maximum absolute atomic E-state index is 8.90. The highest BCUT2D eigenvalue weighted by Gasteiger charge is 2.20. The van der Waals surface area contributed by atoms with Crippen molar-refractivity contribution in [2.75, 3.05) is 18.0 Å². The molecule has 2 heterocycles. The van der Waals surface area contributed by atoms with Gasteiger partial charge in [-0.05, 0) is 25.8 Å². The van der Waals surface area contributed by atoms with Crippen LogP contribution in [0.15, 0.2) is 6.07 Å². The number of rotatable bonds is 1. The van der Waals surface area contributed by atoms with Crippen LogP contribution in [0.1, 0.15) is 24.1 Å². The monoisotopic (exact) mass is 250 g/mol. The molecule has 0 spiro atoms. The van der Waals surface area contributed by atoms with E-state index in [4.69, 9.17) is 22.6 Å². The average molecular weight is 251 g/mol. The third-order valence-corrected chi connectivity index (χ3v) is 3.39. The van der Waals surface area contributed by atoms with Gasteiger partial charge in [-0.1, -0.05) is 11.6 Å². The fourth-order valence-electron chi connectivity index (χ4n) is 2.01. The maximum Gasteiger partial charge on any atom is 0.147 e. The molecule has 0 unspecified atom stereocenters. The molecular weight excluding hydrogens is 236 g/mol. The van der Waals surface area contributed by atoms with Gasteiger partial charge in [0.1, 0.15) is 11.9 Å². The molecule has 0 amide bonds. The molecule has 1 aliphatic heterocycles. The minimum atomic E-state index is 0.282. The van der Waals surface area contributed by atoms with E-state index in [1.807, 2.05) is 6.92 Å². The van der Waals surface area contributed by atoms with Crippen LogP contribution in [-0.4, -0.2) is 24.1 Å². The Bertz CT molecular complexity index is 458. The molecule has 0 aromatic carbocycles. The zero-order valence-corrected chi connectivity index (χ0v) is 10.5. The summed E-state index contributed by atoms with van der Waals surface area (Å²) in [7, 11) is 0. The van der Waals surface area contributed by atoms with E-state index < -0.39 is 0 Å². The van der Waals surface area contributed by atoms with Crippen LogP contribution in [0.2, 0.25) is 5.02 Å². The molecule has 4 nitrogen and oxygen atoms in total. The lowest BCUT2D eigenvalue weighted by Crippen LogP contribution is -2.40. The van der Waals surface area contributed by atoms with Gasteiger partial charge in [0.2, 0.25) is 0 Å². The van der Waals surface area contributed by atoms with Gasteiger partial charge in [0.05, 0.1) is 16.3 Å². The molecule has 1 aromatic heterocycles. The Labute approximate surface area is 106 Å². The molecule has 0 saturated carbocycles. The molecule has 90 valence electrons. The summed E-state index contributed by atoms with van der Waals surface area (Å²) in [5, 5.41) is 9.44. The van der Waals surface area contributed by atoms with E-state index in [0.29, 0.717) is 10.6 Å². The summed E-state index contributed by atoms with van der Waals surface area (Å²) >= 11 is 6.16. The Hall–Kier alpha value is -1.31. The fourth-order valence-corrected chi connectivity index (χ4v) is 2.29. The van der Waals surface area contributed by atoms with Crippen molar-refractivity contribution in [3.63, 3.8) is 0 Å². The lowest BCUT2D eigenvalue weighted by Gasteiger charge is -2.31. The standard InChI is InChI=1S/C12H15ClN4/c1-8-9(7-14)6-11(13)12(16-8)17-4-2-10(15)3-5-17/h6,10H,2-5,15H2,1H3. The molecule has 1 saturated heterocycles. The fraction of sp³-hybridized carbons (Fsp3) is 0.500. The van der Waals surface area contributed by atoms with Gasteiger partial charge in [-0.15, -0.1) is 0 Å². The van der Waals surface area contributed by atoms with Gasteiger partial charge < -0.3 is 10.6 Å². The van der Waals surface area contributed by atoms with Crippen molar-refractivity contribution in [3.05, 3.63) is 22.3 Å². The van der Waals surface area contributed by atoms with E-state index in [-0.39, 0.29) is 6.04 Å². The molecule has 1 aromatic rings. The highest BCUT2D eigenvalue weighted by Crippen LogP contribution is 2.27. The minimum absolute atomic E-state index is 0.282. The molecule has 17 heavy (non-hydrogen) atoms. The Kier molecular flexibility index (Phi) is 3.51. The van der Waals surface area contributed by atoms with E-state index in [1.165, 1.54) is 0 Å². The largest absolute Gasteiger partial charge is 0.355 e. The van der Waals surface area contributed by atoms with E-state index in [1.54, 1.807) is 6.07 Å². The maximum atomic E-state index is 8.90. The molecule has 0 aliphatic carbocycles. The molecule has 2 rings (SSSR count). The molecule has 2 N–H and O–H groups in total. The van der Waals surface area contributed by atoms with Crippen LogP contribution < -0.4 is 10.6 Å². The number of anilines is 1. The number of aryl methyl sites for hydroxylation is 1. The first-order chi connectivity index (χ1) is 8.11. The molecule has 1 fully saturated rings. The summed E-state index contributed by atoms with van der Waals surface area (Å²) in [5.74, 6) is 0.773. The van der Waals surface area contributed by atoms with Gasteiger partial charge in [-0.3, -0.25) is 0 Å². The van der Waals surface area contributed by atoms with Crippen LogP contribution >= 0.6 is 11.6 Å². The summed E-state index contributed by atoms with van der Waals surface area (Å²) in [6.07, 6.45) is 1.91. The minimum Gasteiger partial charge on any atom is -0.355 e. The van der Waals surface area contributed by atoms with E-state index >= 15 is 0 Å². The van der Waals surface area contributed by atoms with Crippen molar-refractivity contribution in [1.29, 1.82) is 5.26 Å². The number of pyridine rings is 1. The number of nitriles is 1. The Morgan fingerprint density at radius 2 is 2.18 bits per heavy atom. The van der Waals surface area contributed by atoms with E-state index in [0.717, 1.165) is 37.4 Å². The van der Waals surface area contributed by atoms with Crippen molar-refractivity contribution in [3.8, 4) is 6.07 Å². The number of halogens is 1. The number of hydrogen-bond donors (Lipinski definition) is 1. The first kappa shape index (κ1) is 12.2. The smallest absolute Gasteiger partial charge is 0.147 e. The number of nitrogens with two attached hydrogens (primary N) is 1. The predicted molar refractivity (Wildman–Crippen MR) is 68.1 cm³/mol. The van der Waals surface area contributed by atoms with Gasteiger partial charge >= 0.3 is 0 Å². The molecule has 0 bridgehead atoms. The third kappa shape index (κ3) is 2.51. The first-order valence-electron chi connectivity index (χ1n) is 5.69. The van der Waals surface area contributed by atoms with Crippen LogP contribution in [0.5, 0.6) is 0 Å². The van der Waals surface area contributed by atoms with Gasteiger partial charge in [-0.2, -0.15) is 5.26 Å². The summed E-state index contributed by atoms with van der Waals surface area (Å²) < 4.78 is 0. The number of aromatic nitrogens is 1. The topological polar surface area (TPSA) is 65.9 Å². The summed E-state index contributed by atoms with van der Waals surface area (Å²) in [4.78, 5) is 6.56. The van der Waals surface area contributed by atoms with Gasteiger partial charge in [0.15, 0.2) is 0 Å². The second-order valence-corrected chi connectivity index (χ2v) is 4.77. The molecule has 1 aliphatic rings.